The molecule has 5 rings (SSSR count). The standard InChI is InChI=1S/C17H25N3O5S/c1-10-14(15(21)20-16(22)19-10)26(23,24)18-2-3-25-17-7-11-4-12(8-17)6-13(5-11)9-17/h11-13,18H,2-9H2,1H3,(H2,19,20,21,22). The van der Waals surface area contributed by atoms with E-state index in [-0.39, 0.29) is 24.4 Å². The number of nitrogens with one attached hydrogen (secondary N) is 3. The van der Waals surface area contributed by atoms with Crippen molar-refractivity contribution in [1.82, 2.24) is 14.7 Å². The van der Waals surface area contributed by atoms with E-state index in [1.807, 2.05) is 4.98 Å². The zero-order valence-electron chi connectivity index (χ0n) is 14.8. The molecule has 4 aliphatic carbocycles. The van der Waals surface area contributed by atoms with E-state index in [9.17, 15) is 18.0 Å². The number of aromatic amines is 2. The van der Waals surface area contributed by atoms with Crippen molar-refractivity contribution in [1.29, 1.82) is 0 Å². The highest BCUT2D eigenvalue weighted by molar-refractivity contribution is 7.89. The van der Waals surface area contributed by atoms with Crippen LogP contribution in [0, 0.1) is 24.7 Å². The molecule has 0 aromatic carbocycles. The Morgan fingerprint density at radius 3 is 2.19 bits per heavy atom. The average molecular weight is 383 g/mol. The summed E-state index contributed by atoms with van der Waals surface area (Å²) in [6.07, 6.45) is 7.23. The second-order valence-corrected chi connectivity index (χ2v) is 9.91. The molecule has 1 heterocycles. The third-order valence-corrected chi connectivity index (χ3v) is 7.74. The molecule has 0 amide bonds. The number of sulfonamides is 1. The van der Waals surface area contributed by atoms with Crippen LogP contribution in [0.5, 0.6) is 0 Å². The van der Waals surface area contributed by atoms with Gasteiger partial charge < -0.3 is 9.72 Å². The summed E-state index contributed by atoms with van der Waals surface area (Å²) in [6.45, 7) is 1.77. The van der Waals surface area contributed by atoms with Crippen molar-refractivity contribution < 1.29 is 13.2 Å². The maximum Gasteiger partial charge on any atom is 0.325 e. The topological polar surface area (TPSA) is 121 Å². The van der Waals surface area contributed by atoms with Gasteiger partial charge in [-0.1, -0.05) is 0 Å². The van der Waals surface area contributed by atoms with Crippen LogP contribution in [0.4, 0.5) is 0 Å². The van der Waals surface area contributed by atoms with Crippen LogP contribution in [-0.4, -0.2) is 37.1 Å². The van der Waals surface area contributed by atoms with Crippen molar-refractivity contribution in [2.75, 3.05) is 13.2 Å². The Morgan fingerprint density at radius 2 is 1.65 bits per heavy atom. The highest BCUT2D eigenvalue weighted by Crippen LogP contribution is 2.57. The minimum atomic E-state index is -4.01. The lowest BCUT2D eigenvalue weighted by atomic mass is 9.54. The number of H-pyrrole nitrogens is 2. The zero-order chi connectivity index (χ0) is 18.5. The maximum absolute atomic E-state index is 12.4. The summed E-state index contributed by atoms with van der Waals surface area (Å²) >= 11 is 0. The summed E-state index contributed by atoms with van der Waals surface area (Å²) in [7, 11) is -4.01. The molecule has 0 unspecified atom stereocenters. The van der Waals surface area contributed by atoms with Gasteiger partial charge in [0.1, 0.15) is 0 Å². The van der Waals surface area contributed by atoms with Gasteiger partial charge in [-0.3, -0.25) is 9.78 Å². The molecule has 3 N–H and O–H groups in total. The largest absolute Gasteiger partial charge is 0.374 e. The van der Waals surface area contributed by atoms with Crippen molar-refractivity contribution in [3.63, 3.8) is 0 Å². The van der Waals surface area contributed by atoms with E-state index in [1.54, 1.807) is 0 Å². The summed E-state index contributed by atoms with van der Waals surface area (Å²) in [5.74, 6) is 2.29. The first kappa shape index (κ1) is 17.9. The number of rotatable bonds is 6. The Kier molecular flexibility index (Phi) is 4.36. The maximum atomic E-state index is 12.4. The van der Waals surface area contributed by atoms with Gasteiger partial charge in [-0.2, -0.15) is 0 Å². The lowest BCUT2D eigenvalue weighted by Gasteiger charge is -2.56. The zero-order valence-corrected chi connectivity index (χ0v) is 15.7. The Labute approximate surface area is 151 Å². The molecular formula is C17H25N3O5S. The Balaban J connectivity index is 1.38. The molecule has 8 nitrogen and oxygen atoms in total. The van der Waals surface area contributed by atoms with Gasteiger partial charge in [-0.05, 0) is 63.2 Å². The number of hydrogen-bond donors (Lipinski definition) is 3. The molecular weight excluding hydrogens is 358 g/mol. The van der Waals surface area contributed by atoms with Crippen molar-refractivity contribution in [2.45, 2.75) is 55.9 Å². The van der Waals surface area contributed by atoms with E-state index < -0.39 is 26.2 Å². The summed E-state index contributed by atoms with van der Waals surface area (Å²) in [4.78, 5) is 26.9. The Bertz CT molecular complexity index is 882. The number of ether oxygens (including phenoxy) is 1. The molecule has 0 aliphatic heterocycles. The molecule has 1 aromatic heterocycles. The summed E-state index contributed by atoms with van der Waals surface area (Å²) in [6, 6.07) is 0. The van der Waals surface area contributed by atoms with Gasteiger partial charge >= 0.3 is 5.69 Å². The summed E-state index contributed by atoms with van der Waals surface area (Å²) in [5.41, 5.74) is -1.70. The first-order valence-corrected chi connectivity index (χ1v) is 10.7. The van der Waals surface area contributed by atoms with Gasteiger partial charge in [0, 0.05) is 12.2 Å². The van der Waals surface area contributed by atoms with Crippen LogP contribution in [-0.2, 0) is 14.8 Å². The normalized spacial score (nSPS) is 32.9. The number of aromatic nitrogens is 2. The van der Waals surface area contributed by atoms with Crippen LogP contribution in [0.3, 0.4) is 0 Å². The van der Waals surface area contributed by atoms with E-state index in [1.165, 1.54) is 26.2 Å². The molecule has 4 saturated carbocycles. The van der Waals surface area contributed by atoms with E-state index in [4.69, 9.17) is 4.74 Å². The van der Waals surface area contributed by atoms with Gasteiger partial charge in [0.25, 0.3) is 5.56 Å². The molecule has 9 heteroatoms. The third kappa shape index (κ3) is 3.27. The van der Waals surface area contributed by atoms with Crippen molar-refractivity contribution in [2.24, 2.45) is 17.8 Å². The quantitative estimate of drug-likeness (QED) is 0.622. The fourth-order valence-electron chi connectivity index (χ4n) is 5.64. The van der Waals surface area contributed by atoms with E-state index >= 15 is 0 Å². The monoisotopic (exact) mass is 383 g/mol. The molecule has 0 radical (unpaired) electrons. The molecule has 4 aliphatic rings. The predicted molar refractivity (Wildman–Crippen MR) is 94.5 cm³/mol. The van der Waals surface area contributed by atoms with Gasteiger partial charge in [-0.25, -0.2) is 17.9 Å². The number of aryl methyl sites for hydroxylation is 1. The average Bonchev–Trinajstić information content (AvgIpc) is 2.49. The van der Waals surface area contributed by atoms with Crippen LogP contribution in [0.1, 0.15) is 44.2 Å². The van der Waals surface area contributed by atoms with E-state index in [2.05, 4.69) is 9.71 Å². The Morgan fingerprint density at radius 1 is 1.08 bits per heavy atom. The molecule has 26 heavy (non-hydrogen) atoms. The Hall–Kier alpha value is -1.45. The fraction of sp³-hybridized carbons (Fsp3) is 0.765. The second-order valence-electron chi connectivity index (χ2n) is 8.21. The minimum absolute atomic E-state index is 0.0215. The van der Waals surface area contributed by atoms with Crippen LogP contribution in [0.2, 0.25) is 0 Å². The van der Waals surface area contributed by atoms with E-state index in [0.29, 0.717) is 0 Å². The van der Waals surface area contributed by atoms with Crippen LogP contribution >= 0.6 is 0 Å². The second kappa shape index (κ2) is 6.31. The smallest absolute Gasteiger partial charge is 0.325 e. The van der Waals surface area contributed by atoms with Crippen molar-refractivity contribution in [3.05, 3.63) is 26.5 Å². The molecule has 0 saturated heterocycles. The van der Waals surface area contributed by atoms with Gasteiger partial charge in [0.2, 0.25) is 10.0 Å². The van der Waals surface area contributed by atoms with Gasteiger partial charge in [0.15, 0.2) is 4.90 Å². The molecule has 1 aromatic rings. The highest BCUT2D eigenvalue weighted by atomic mass is 32.2. The molecule has 0 spiro atoms. The summed E-state index contributed by atoms with van der Waals surface area (Å²) < 4.78 is 33.4. The third-order valence-electron chi connectivity index (χ3n) is 6.13. The minimum Gasteiger partial charge on any atom is -0.374 e. The highest BCUT2D eigenvalue weighted by Gasteiger charge is 2.51. The van der Waals surface area contributed by atoms with Gasteiger partial charge in [-0.15, -0.1) is 0 Å². The molecule has 4 bridgehead atoms. The molecule has 0 atom stereocenters. The van der Waals surface area contributed by atoms with Crippen LogP contribution in [0.15, 0.2) is 14.5 Å². The SMILES string of the molecule is Cc1[nH]c(=O)[nH]c(=O)c1S(=O)(=O)NCCOC12CC3CC(CC(C3)C1)C2. The lowest BCUT2D eigenvalue weighted by Crippen LogP contribution is -2.52. The van der Waals surface area contributed by atoms with Crippen molar-refractivity contribution in [3.8, 4) is 0 Å². The van der Waals surface area contributed by atoms with Gasteiger partial charge in [0.05, 0.1) is 12.2 Å². The lowest BCUT2D eigenvalue weighted by molar-refractivity contribution is -0.160. The first-order chi connectivity index (χ1) is 12.3. The number of hydrogen-bond acceptors (Lipinski definition) is 5. The molecule has 4 fully saturated rings. The van der Waals surface area contributed by atoms with Crippen molar-refractivity contribution >= 4 is 10.0 Å². The summed E-state index contributed by atoms with van der Waals surface area (Å²) in [5, 5.41) is 0. The fourth-order valence-corrected chi connectivity index (χ4v) is 6.88. The van der Waals surface area contributed by atoms with Crippen LogP contribution in [0.25, 0.3) is 0 Å². The molecule has 144 valence electrons. The predicted octanol–water partition coefficient (Wildman–Crippen LogP) is 0.635. The first-order valence-electron chi connectivity index (χ1n) is 9.23. The van der Waals surface area contributed by atoms with E-state index in [0.717, 1.165) is 37.0 Å². The van der Waals surface area contributed by atoms with Crippen LogP contribution < -0.4 is 16.0 Å².